The zero-order valence-corrected chi connectivity index (χ0v) is 13.0. The molecule has 0 saturated heterocycles. The van der Waals surface area contributed by atoms with Crippen LogP contribution < -0.4 is 5.73 Å². The number of rotatable bonds is 6. The highest BCUT2D eigenvalue weighted by Gasteiger charge is 2.16. The van der Waals surface area contributed by atoms with Gasteiger partial charge >= 0.3 is 10.1 Å². The predicted octanol–water partition coefficient (Wildman–Crippen LogP) is 2.06. The summed E-state index contributed by atoms with van der Waals surface area (Å²) in [6.45, 7) is 2.21. The first kappa shape index (κ1) is 16.1. The van der Waals surface area contributed by atoms with Gasteiger partial charge in [0.05, 0.1) is 5.71 Å². The van der Waals surface area contributed by atoms with Crippen LogP contribution in [0.3, 0.4) is 0 Å². The fraction of sp³-hybridized carbons (Fsp3) is 0.200. The van der Waals surface area contributed by atoms with E-state index in [0.717, 1.165) is 11.1 Å². The maximum absolute atomic E-state index is 12.1. The smallest absolute Gasteiger partial charge is 0.326 e. The zero-order valence-electron chi connectivity index (χ0n) is 12.1. The summed E-state index contributed by atoms with van der Waals surface area (Å²) < 4.78 is 29.0. The third-order valence-corrected chi connectivity index (χ3v) is 4.16. The average Bonchev–Trinajstić information content (AvgIpc) is 2.56. The van der Waals surface area contributed by atoms with E-state index in [2.05, 4.69) is 10.1 Å². The number of oxime groups is 1. The van der Waals surface area contributed by atoms with Gasteiger partial charge in [0.2, 0.25) is 0 Å². The molecular weight excluding hydrogens is 302 g/mol. The van der Waals surface area contributed by atoms with Gasteiger partial charge < -0.3 is 5.73 Å². The fourth-order valence-corrected chi connectivity index (χ4v) is 2.54. The van der Waals surface area contributed by atoms with E-state index in [1.165, 1.54) is 12.1 Å². The molecule has 0 amide bonds. The lowest BCUT2D eigenvalue weighted by Gasteiger charge is -2.05. The minimum absolute atomic E-state index is 0.0404. The molecule has 0 aliphatic heterocycles. The third-order valence-electron chi connectivity index (χ3n) is 3.04. The van der Waals surface area contributed by atoms with Crippen LogP contribution >= 0.6 is 0 Å². The van der Waals surface area contributed by atoms with Crippen LogP contribution in [0.25, 0.3) is 0 Å². The Balaban J connectivity index is 2.22. The summed E-state index contributed by atoms with van der Waals surface area (Å²) in [6.07, 6.45) is 3.76. The minimum atomic E-state index is -3.94. The van der Waals surface area contributed by atoms with E-state index >= 15 is 0 Å². The first-order valence-corrected chi connectivity index (χ1v) is 8.17. The second kappa shape index (κ2) is 7.15. The van der Waals surface area contributed by atoms with Crippen LogP contribution in [-0.4, -0.2) is 19.1 Å². The van der Waals surface area contributed by atoms with Crippen molar-refractivity contribution in [2.24, 2.45) is 10.9 Å². The highest BCUT2D eigenvalue weighted by atomic mass is 32.2. The van der Waals surface area contributed by atoms with Crippen LogP contribution in [0.5, 0.6) is 0 Å². The van der Waals surface area contributed by atoms with Crippen LogP contribution in [0, 0.1) is 0 Å². The number of benzene rings is 1. The molecule has 1 aromatic heterocycles. The second-order valence-electron chi connectivity index (χ2n) is 4.50. The molecule has 0 atom stereocenters. The predicted molar refractivity (Wildman–Crippen MR) is 83.7 cm³/mol. The van der Waals surface area contributed by atoms with Gasteiger partial charge in [-0.1, -0.05) is 24.2 Å². The topological polar surface area (TPSA) is 94.6 Å². The van der Waals surface area contributed by atoms with Crippen molar-refractivity contribution in [3.05, 3.63) is 59.9 Å². The number of nitrogens with two attached hydrogens (primary N) is 1. The van der Waals surface area contributed by atoms with Crippen molar-refractivity contribution >= 4 is 15.8 Å². The van der Waals surface area contributed by atoms with Gasteiger partial charge in [0.1, 0.15) is 4.90 Å². The Labute approximate surface area is 129 Å². The Hall–Kier alpha value is -2.25. The van der Waals surface area contributed by atoms with Gasteiger partial charge in [-0.15, -0.1) is 0 Å². The molecule has 7 heteroatoms. The van der Waals surface area contributed by atoms with Gasteiger partial charge in [-0.3, -0.25) is 9.27 Å². The van der Waals surface area contributed by atoms with Gasteiger partial charge in [0, 0.05) is 24.5 Å². The van der Waals surface area contributed by atoms with Crippen molar-refractivity contribution in [1.82, 2.24) is 4.98 Å². The summed E-state index contributed by atoms with van der Waals surface area (Å²) in [4.78, 5) is 3.95. The van der Waals surface area contributed by atoms with Crippen LogP contribution in [0.1, 0.15) is 24.5 Å². The van der Waals surface area contributed by atoms with E-state index in [4.69, 9.17) is 10.0 Å². The molecule has 0 radical (unpaired) electrons. The Kier molecular flexibility index (Phi) is 5.24. The largest absolute Gasteiger partial charge is 0.358 e. The van der Waals surface area contributed by atoms with Crippen molar-refractivity contribution in [1.29, 1.82) is 0 Å². The fourth-order valence-electron chi connectivity index (χ4n) is 1.79. The molecule has 1 aromatic carbocycles. The van der Waals surface area contributed by atoms with Crippen molar-refractivity contribution in [2.75, 3.05) is 0 Å². The zero-order chi connectivity index (χ0) is 16.0. The summed E-state index contributed by atoms with van der Waals surface area (Å²) in [5, 5.41) is 3.78. The van der Waals surface area contributed by atoms with Crippen LogP contribution in [0.4, 0.5) is 0 Å². The lowest BCUT2D eigenvalue weighted by Crippen LogP contribution is -2.07. The van der Waals surface area contributed by atoms with Gasteiger partial charge in [0.25, 0.3) is 0 Å². The minimum Gasteiger partial charge on any atom is -0.326 e. The van der Waals surface area contributed by atoms with E-state index in [1.54, 1.807) is 36.7 Å². The van der Waals surface area contributed by atoms with E-state index in [-0.39, 0.29) is 4.90 Å². The standard InChI is InChI=1S/C15H17N3O3S/c1-2-15(13-7-9-17-10-8-13)18-21-22(19,20)14-5-3-12(11-16)4-6-14/h3-10H,2,11,16H2,1H3. The Morgan fingerprint density at radius 1 is 1.18 bits per heavy atom. The molecule has 0 spiro atoms. The monoisotopic (exact) mass is 319 g/mol. The summed E-state index contributed by atoms with van der Waals surface area (Å²) >= 11 is 0. The van der Waals surface area contributed by atoms with Crippen molar-refractivity contribution in [2.45, 2.75) is 24.8 Å². The maximum atomic E-state index is 12.1. The number of hydrogen-bond acceptors (Lipinski definition) is 6. The lowest BCUT2D eigenvalue weighted by atomic mass is 10.1. The van der Waals surface area contributed by atoms with Crippen LogP contribution in [0.15, 0.2) is 58.8 Å². The first-order chi connectivity index (χ1) is 10.6. The van der Waals surface area contributed by atoms with Crippen molar-refractivity contribution < 1.29 is 12.7 Å². The van der Waals surface area contributed by atoms with Crippen molar-refractivity contribution in [3.63, 3.8) is 0 Å². The summed E-state index contributed by atoms with van der Waals surface area (Å²) in [6, 6.07) is 9.67. The molecule has 0 bridgehead atoms. The normalized spacial score (nSPS) is 12.2. The summed E-state index contributed by atoms with van der Waals surface area (Å²) in [5.41, 5.74) is 7.62. The van der Waals surface area contributed by atoms with E-state index < -0.39 is 10.1 Å². The maximum Gasteiger partial charge on any atom is 0.358 e. The van der Waals surface area contributed by atoms with Gasteiger partial charge in [-0.2, -0.15) is 8.42 Å². The summed E-state index contributed by atoms with van der Waals surface area (Å²) in [7, 11) is -3.94. The van der Waals surface area contributed by atoms with E-state index in [9.17, 15) is 8.42 Å². The van der Waals surface area contributed by atoms with Gasteiger partial charge in [0.15, 0.2) is 0 Å². The molecule has 0 saturated carbocycles. The molecule has 0 unspecified atom stereocenters. The van der Waals surface area contributed by atoms with Gasteiger partial charge in [-0.25, -0.2) is 0 Å². The first-order valence-electron chi connectivity index (χ1n) is 6.76. The molecule has 2 aromatic rings. The molecule has 0 aliphatic rings. The highest BCUT2D eigenvalue weighted by molar-refractivity contribution is 7.86. The van der Waals surface area contributed by atoms with Crippen LogP contribution in [0.2, 0.25) is 0 Å². The molecule has 0 aliphatic carbocycles. The molecule has 6 nitrogen and oxygen atoms in total. The number of aromatic nitrogens is 1. The van der Waals surface area contributed by atoms with E-state index in [0.29, 0.717) is 18.7 Å². The highest BCUT2D eigenvalue weighted by Crippen LogP contribution is 2.15. The lowest BCUT2D eigenvalue weighted by molar-refractivity contribution is 0.338. The Bertz CT molecular complexity index is 741. The molecule has 22 heavy (non-hydrogen) atoms. The Morgan fingerprint density at radius 3 is 2.36 bits per heavy atom. The summed E-state index contributed by atoms with van der Waals surface area (Å²) in [5.74, 6) is 0. The van der Waals surface area contributed by atoms with Gasteiger partial charge in [-0.05, 0) is 36.2 Å². The SMILES string of the molecule is CCC(=NOS(=O)(=O)c1ccc(CN)cc1)c1ccncc1. The van der Waals surface area contributed by atoms with Crippen LogP contribution in [-0.2, 0) is 20.9 Å². The Morgan fingerprint density at radius 2 is 1.82 bits per heavy atom. The molecule has 116 valence electrons. The third kappa shape index (κ3) is 3.90. The average molecular weight is 319 g/mol. The molecule has 0 fully saturated rings. The molecule has 2 rings (SSSR count). The second-order valence-corrected chi connectivity index (χ2v) is 6.03. The number of hydrogen-bond donors (Lipinski definition) is 1. The number of pyridine rings is 1. The quantitative estimate of drug-likeness (QED) is 0.649. The van der Waals surface area contributed by atoms with E-state index in [1.807, 2.05) is 6.92 Å². The molecule has 2 N–H and O–H groups in total. The number of nitrogens with zero attached hydrogens (tertiary/aromatic N) is 2. The van der Waals surface area contributed by atoms with Crippen molar-refractivity contribution in [3.8, 4) is 0 Å². The molecule has 1 heterocycles. The molecular formula is C15H17N3O3S.